The highest BCUT2D eigenvalue weighted by Gasteiger charge is 2.22. The predicted octanol–water partition coefficient (Wildman–Crippen LogP) is -0.600. The first-order chi connectivity index (χ1) is 4.74. The normalized spacial score (nSPS) is 36.3. The lowest BCUT2D eigenvalue weighted by Crippen LogP contribution is -2.46. The Morgan fingerprint density at radius 1 is 1.70 bits per heavy atom. The number of nitrogens with zero attached hydrogens (tertiary/aromatic N) is 1. The van der Waals surface area contributed by atoms with Gasteiger partial charge < -0.3 is 15.7 Å². The molecule has 0 saturated carbocycles. The van der Waals surface area contributed by atoms with Crippen molar-refractivity contribution in [3.63, 3.8) is 0 Å². The standard InChI is InChI=1S/C7H16N2O/c1-9-3-2-6(8)4-7(9)5-10/h6-7,10H,2-5,8H2,1H3. The van der Waals surface area contributed by atoms with Crippen molar-refractivity contribution in [1.29, 1.82) is 0 Å². The molecule has 0 radical (unpaired) electrons. The minimum Gasteiger partial charge on any atom is -0.395 e. The average molecular weight is 144 g/mol. The van der Waals surface area contributed by atoms with E-state index in [-0.39, 0.29) is 6.61 Å². The molecule has 1 fully saturated rings. The summed E-state index contributed by atoms with van der Waals surface area (Å²) in [6.45, 7) is 1.26. The summed E-state index contributed by atoms with van der Waals surface area (Å²) in [4.78, 5) is 2.17. The summed E-state index contributed by atoms with van der Waals surface area (Å²) < 4.78 is 0. The monoisotopic (exact) mass is 144 g/mol. The molecule has 0 amide bonds. The molecule has 3 nitrogen and oxygen atoms in total. The number of hydrogen-bond acceptors (Lipinski definition) is 3. The van der Waals surface area contributed by atoms with Crippen molar-refractivity contribution >= 4 is 0 Å². The molecule has 1 rings (SSSR count). The van der Waals surface area contributed by atoms with Crippen LogP contribution in [0.5, 0.6) is 0 Å². The fourth-order valence-corrected chi connectivity index (χ4v) is 1.41. The van der Waals surface area contributed by atoms with Crippen LogP contribution in [0.4, 0.5) is 0 Å². The number of hydrogen-bond donors (Lipinski definition) is 2. The second kappa shape index (κ2) is 3.32. The molecular weight excluding hydrogens is 128 g/mol. The van der Waals surface area contributed by atoms with Crippen molar-refractivity contribution < 1.29 is 5.11 Å². The Balaban J connectivity index is 2.38. The van der Waals surface area contributed by atoms with Crippen LogP contribution in [0.3, 0.4) is 0 Å². The number of nitrogens with two attached hydrogens (primary N) is 1. The lowest BCUT2D eigenvalue weighted by molar-refractivity contribution is 0.105. The van der Waals surface area contributed by atoms with Crippen molar-refractivity contribution in [3.05, 3.63) is 0 Å². The fraction of sp³-hybridized carbons (Fsp3) is 1.00. The van der Waals surface area contributed by atoms with E-state index in [9.17, 15) is 0 Å². The van der Waals surface area contributed by atoms with Gasteiger partial charge in [0.15, 0.2) is 0 Å². The third kappa shape index (κ3) is 1.68. The summed E-state index contributed by atoms with van der Waals surface area (Å²) in [5.41, 5.74) is 5.73. The number of aliphatic hydroxyl groups excluding tert-OH is 1. The van der Waals surface area contributed by atoms with E-state index in [1.54, 1.807) is 0 Å². The summed E-state index contributed by atoms with van der Waals surface area (Å²) in [6, 6.07) is 0.595. The molecule has 0 aromatic carbocycles. The van der Waals surface area contributed by atoms with E-state index in [1.165, 1.54) is 0 Å². The number of likely N-dealkylation sites (tertiary alicyclic amines) is 1. The maximum atomic E-state index is 8.88. The first-order valence-electron chi connectivity index (χ1n) is 3.80. The summed E-state index contributed by atoms with van der Waals surface area (Å²) in [5, 5.41) is 8.88. The number of rotatable bonds is 1. The molecule has 0 aromatic heterocycles. The molecule has 1 aliphatic rings. The Morgan fingerprint density at radius 3 is 2.90 bits per heavy atom. The van der Waals surface area contributed by atoms with Gasteiger partial charge in [0, 0.05) is 12.1 Å². The minimum absolute atomic E-state index is 0.240. The molecule has 0 bridgehead atoms. The number of aliphatic hydroxyl groups is 1. The van der Waals surface area contributed by atoms with Gasteiger partial charge in [0.1, 0.15) is 0 Å². The van der Waals surface area contributed by atoms with Crippen LogP contribution in [-0.2, 0) is 0 Å². The highest BCUT2D eigenvalue weighted by atomic mass is 16.3. The second-order valence-corrected chi connectivity index (χ2v) is 3.10. The number of piperidine rings is 1. The molecule has 3 N–H and O–H groups in total. The molecule has 2 unspecified atom stereocenters. The van der Waals surface area contributed by atoms with Crippen LogP contribution in [0.1, 0.15) is 12.8 Å². The molecule has 0 aromatic rings. The van der Waals surface area contributed by atoms with Crippen molar-refractivity contribution in [3.8, 4) is 0 Å². The second-order valence-electron chi connectivity index (χ2n) is 3.10. The Kier molecular flexibility index (Phi) is 2.65. The third-order valence-electron chi connectivity index (χ3n) is 2.26. The molecule has 1 heterocycles. The van der Waals surface area contributed by atoms with Gasteiger partial charge in [-0.15, -0.1) is 0 Å². The van der Waals surface area contributed by atoms with Crippen molar-refractivity contribution in [1.82, 2.24) is 4.90 Å². The van der Waals surface area contributed by atoms with Crippen LogP contribution < -0.4 is 5.73 Å². The summed E-state index contributed by atoms with van der Waals surface area (Å²) >= 11 is 0. The van der Waals surface area contributed by atoms with Crippen molar-refractivity contribution in [2.24, 2.45) is 5.73 Å². The van der Waals surface area contributed by atoms with Gasteiger partial charge in [-0.1, -0.05) is 0 Å². The van der Waals surface area contributed by atoms with Gasteiger partial charge in [-0.2, -0.15) is 0 Å². The van der Waals surface area contributed by atoms with Gasteiger partial charge in [-0.25, -0.2) is 0 Å². The van der Waals surface area contributed by atoms with Gasteiger partial charge in [0.05, 0.1) is 6.61 Å². The smallest absolute Gasteiger partial charge is 0.0587 e. The molecule has 0 aliphatic carbocycles. The highest BCUT2D eigenvalue weighted by molar-refractivity contribution is 4.80. The largest absolute Gasteiger partial charge is 0.395 e. The summed E-state index contributed by atoms with van der Waals surface area (Å²) in [6.07, 6.45) is 2.00. The Hall–Kier alpha value is -0.120. The van der Waals surface area contributed by atoms with Gasteiger partial charge in [0.2, 0.25) is 0 Å². The van der Waals surface area contributed by atoms with E-state index in [0.717, 1.165) is 19.4 Å². The van der Waals surface area contributed by atoms with Crippen LogP contribution in [0.15, 0.2) is 0 Å². The molecule has 60 valence electrons. The minimum atomic E-state index is 0.240. The molecule has 1 saturated heterocycles. The topological polar surface area (TPSA) is 49.5 Å². The zero-order valence-corrected chi connectivity index (χ0v) is 6.45. The van der Waals surface area contributed by atoms with Gasteiger partial charge in [0.25, 0.3) is 0 Å². The maximum Gasteiger partial charge on any atom is 0.0587 e. The van der Waals surface area contributed by atoms with E-state index in [4.69, 9.17) is 10.8 Å². The highest BCUT2D eigenvalue weighted by Crippen LogP contribution is 2.12. The predicted molar refractivity (Wildman–Crippen MR) is 40.7 cm³/mol. The van der Waals surface area contributed by atoms with E-state index in [0.29, 0.717) is 12.1 Å². The Morgan fingerprint density at radius 2 is 2.40 bits per heavy atom. The van der Waals surface area contributed by atoms with Crippen LogP contribution in [0, 0.1) is 0 Å². The first-order valence-corrected chi connectivity index (χ1v) is 3.80. The van der Waals surface area contributed by atoms with Crippen LogP contribution >= 0.6 is 0 Å². The zero-order chi connectivity index (χ0) is 7.56. The molecule has 2 atom stereocenters. The van der Waals surface area contributed by atoms with Crippen LogP contribution in [0.25, 0.3) is 0 Å². The SMILES string of the molecule is CN1CCC(N)CC1CO. The zero-order valence-electron chi connectivity index (χ0n) is 6.45. The summed E-state index contributed by atoms with van der Waals surface area (Å²) in [7, 11) is 2.03. The maximum absolute atomic E-state index is 8.88. The number of likely N-dealkylation sites (N-methyl/N-ethyl adjacent to an activating group) is 1. The van der Waals surface area contributed by atoms with E-state index < -0.39 is 0 Å². The van der Waals surface area contributed by atoms with Gasteiger partial charge in [-0.3, -0.25) is 0 Å². The molecule has 10 heavy (non-hydrogen) atoms. The molecule has 3 heteroatoms. The van der Waals surface area contributed by atoms with Crippen molar-refractivity contribution in [2.45, 2.75) is 24.9 Å². The van der Waals surface area contributed by atoms with Crippen LogP contribution in [-0.4, -0.2) is 42.3 Å². The third-order valence-corrected chi connectivity index (χ3v) is 2.26. The molecule has 0 spiro atoms. The van der Waals surface area contributed by atoms with Crippen LogP contribution in [0.2, 0.25) is 0 Å². The van der Waals surface area contributed by atoms with E-state index >= 15 is 0 Å². The molecule has 1 aliphatic heterocycles. The lowest BCUT2D eigenvalue weighted by Gasteiger charge is -2.34. The Labute approximate surface area is 61.8 Å². The van der Waals surface area contributed by atoms with Crippen molar-refractivity contribution in [2.75, 3.05) is 20.2 Å². The average Bonchev–Trinajstić information content (AvgIpc) is 1.94. The van der Waals surface area contributed by atoms with E-state index in [1.807, 2.05) is 7.05 Å². The lowest BCUT2D eigenvalue weighted by atomic mass is 9.99. The Bertz CT molecular complexity index is 108. The van der Waals surface area contributed by atoms with Gasteiger partial charge in [-0.05, 0) is 26.4 Å². The fourth-order valence-electron chi connectivity index (χ4n) is 1.41. The van der Waals surface area contributed by atoms with Gasteiger partial charge >= 0.3 is 0 Å². The first kappa shape index (κ1) is 7.98. The molecular formula is C7H16N2O. The van der Waals surface area contributed by atoms with E-state index in [2.05, 4.69) is 4.90 Å². The quantitative estimate of drug-likeness (QED) is 0.516. The summed E-state index contributed by atoms with van der Waals surface area (Å²) in [5.74, 6) is 0.